The van der Waals surface area contributed by atoms with Gasteiger partial charge in [0.2, 0.25) is 0 Å². The highest BCUT2D eigenvalue weighted by Crippen LogP contribution is 2.22. The minimum Gasteiger partial charge on any atom is -0.397 e. The predicted octanol–water partition coefficient (Wildman–Crippen LogP) is 3.13. The number of pyridine rings is 1. The molecule has 1 aromatic carbocycles. The lowest BCUT2D eigenvalue weighted by Crippen LogP contribution is -2.15. The Hall–Kier alpha value is -1.95. The first-order valence-corrected chi connectivity index (χ1v) is 6.25. The molecule has 0 aliphatic heterocycles. The Morgan fingerprint density at radius 3 is 2.84 bits per heavy atom. The lowest BCUT2D eigenvalue weighted by Gasteiger charge is -2.08. The maximum atomic E-state index is 13.6. The number of nitrogens with zero attached hydrogens (tertiary/aromatic N) is 1. The van der Waals surface area contributed by atoms with E-state index in [1.807, 2.05) is 0 Å². The van der Waals surface area contributed by atoms with Crippen molar-refractivity contribution in [2.75, 3.05) is 11.1 Å². The molecule has 0 fully saturated rings. The second-order valence-electron chi connectivity index (χ2n) is 4.04. The largest absolute Gasteiger partial charge is 0.397 e. The number of benzene rings is 1. The molecular weight excluding hydrogens is 313 g/mol. The third kappa shape index (κ3) is 3.08. The predicted molar refractivity (Wildman–Crippen MR) is 75.4 cm³/mol. The van der Waals surface area contributed by atoms with E-state index in [0.29, 0.717) is 16.0 Å². The van der Waals surface area contributed by atoms with Gasteiger partial charge in [0.25, 0.3) is 5.91 Å². The normalized spacial score (nSPS) is 10.3. The summed E-state index contributed by atoms with van der Waals surface area (Å²) in [5.41, 5.74) is 6.79. The summed E-state index contributed by atoms with van der Waals surface area (Å²) in [4.78, 5) is 16.0. The van der Waals surface area contributed by atoms with Crippen molar-refractivity contribution in [3.63, 3.8) is 0 Å². The molecule has 6 heteroatoms. The van der Waals surface area contributed by atoms with Crippen LogP contribution in [0.3, 0.4) is 0 Å². The molecule has 19 heavy (non-hydrogen) atoms. The number of nitrogens with two attached hydrogens (primary N) is 1. The first kappa shape index (κ1) is 13.5. The van der Waals surface area contributed by atoms with Crippen molar-refractivity contribution in [2.24, 2.45) is 0 Å². The van der Waals surface area contributed by atoms with Crippen LogP contribution in [0, 0.1) is 12.7 Å². The molecule has 1 amide bonds. The van der Waals surface area contributed by atoms with Crippen LogP contribution in [-0.4, -0.2) is 10.9 Å². The van der Waals surface area contributed by atoms with Gasteiger partial charge in [-0.25, -0.2) is 9.37 Å². The van der Waals surface area contributed by atoms with E-state index in [-0.39, 0.29) is 5.56 Å². The number of aromatic nitrogens is 1. The average Bonchev–Trinajstić information content (AvgIpc) is 2.35. The van der Waals surface area contributed by atoms with Gasteiger partial charge in [-0.15, -0.1) is 0 Å². The summed E-state index contributed by atoms with van der Waals surface area (Å²) in [5, 5.41) is 2.53. The van der Waals surface area contributed by atoms with Gasteiger partial charge in [-0.3, -0.25) is 4.79 Å². The standard InChI is InChI=1S/C13H11BrFN3O/c1-7-2-3-11(15)9(4-7)13(19)18-12-10(14)5-8(16)6-17-12/h2-6H,16H2,1H3,(H,17,18,19). The van der Waals surface area contributed by atoms with Crippen LogP contribution in [0.1, 0.15) is 15.9 Å². The van der Waals surface area contributed by atoms with Crippen LogP contribution in [0.2, 0.25) is 0 Å². The van der Waals surface area contributed by atoms with E-state index >= 15 is 0 Å². The van der Waals surface area contributed by atoms with E-state index in [1.54, 1.807) is 19.1 Å². The van der Waals surface area contributed by atoms with Crippen molar-refractivity contribution in [1.82, 2.24) is 4.98 Å². The lowest BCUT2D eigenvalue weighted by molar-refractivity contribution is 0.102. The van der Waals surface area contributed by atoms with Crippen LogP contribution in [0.4, 0.5) is 15.9 Å². The van der Waals surface area contributed by atoms with E-state index in [4.69, 9.17) is 5.73 Å². The van der Waals surface area contributed by atoms with Crippen LogP contribution in [0.15, 0.2) is 34.9 Å². The molecule has 0 bridgehead atoms. The molecule has 0 unspecified atom stereocenters. The molecule has 4 nitrogen and oxygen atoms in total. The van der Waals surface area contributed by atoms with Gasteiger partial charge in [0.05, 0.1) is 21.9 Å². The molecule has 2 rings (SSSR count). The number of hydrogen-bond donors (Lipinski definition) is 2. The van der Waals surface area contributed by atoms with Crippen LogP contribution < -0.4 is 11.1 Å². The van der Waals surface area contributed by atoms with E-state index in [9.17, 15) is 9.18 Å². The number of carbonyl (C=O) groups is 1. The lowest BCUT2D eigenvalue weighted by atomic mass is 10.1. The molecule has 0 radical (unpaired) electrons. The molecule has 0 atom stereocenters. The molecule has 0 aliphatic rings. The first-order valence-electron chi connectivity index (χ1n) is 5.46. The van der Waals surface area contributed by atoms with Crippen LogP contribution in [-0.2, 0) is 0 Å². The smallest absolute Gasteiger partial charge is 0.259 e. The molecule has 0 saturated heterocycles. The number of rotatable bonds is 2. The number of halogens is 2. The maximum Gasteiger partial charge on any atom is 0.259 e. The number of nitrogen functional groups attached to an aromatic ring is 1. The van der Waals surface area contributed by atoms with Gasteiger partial charge in [0.1, 0.15) is 11.6 Å². The minimum absolute atomic E-state index is 0.0227. The number of hydrogen-bond acceptors (Lipinski definition) is 3. The Labute approximate surface area is 118 Å². The Morgan fingerprint density at radius 2 is 2.16 bits per heavy atom. The topological polar surface area (TPSA) is 68.0 Å². The van der Waals surface area contributed by atoms with Crippen LogP contribution >= 0.6 is 15.9 Å². The molecule has 98 valence electrons. The highest BCUT2D eigenvalue weighted by Gasteiger charge is 2.14. The second kappa shape index (κ2) is 5.36. The number of carbonyl (C=O) groups excluding carboxylic acids is 1. The minimum atomic E-state index is -0.574. The van der Waals surface area contributed by atoms with Gasteiger partial charge in [0, 0.05) is 0 Å². The van der Waals surface area contributed by atoms with Gasteiger partial charge in [-0.1, -0.05) is 11.6 Å². The fourth-order valence-corrected chi connectivity index (χ4v) is 2.00. The number of aryl methyl sites for hydroxylation is 1. The van der Waals surface area contributed by atoms with E-state index in [0.717, 1.165) is 5.56 Å². The summed E-state index contributed by atoms with van der Waals surface area (Å²) >= 11 is 3.23. The Morgan fingerprint density at radius 1 is 1.42 bits per heavy atom. The van der Waals surface area contributed by atoms with Gasteiger partial charge < -0.3 is 11.1 Å². The summed E-state index contributed by atoms with van der Waals surface area (Å²) < 4.78 is 14.1. The fraction of sp³-hybridized carbons (Fsp3) is 0.0769. The molecule has 1 aromatic heterocycles. The zero-order chi connectivity index (χ0) is 14.0. The van der Waals surface area contributed by atoms with Crippen LogP contribution in [0.25, 0.3) is 0 Å². The summed E-state index contributed by atoms with van der Waals surface area (Å²) in [7, 11) is 0. The van der Waals surface area contributed by atoms with Crippen LogP contribution in [0.5, 0.6) is 0 Å². The fourth-order valence-electron chi connectivity index (χ4n) is 1.53. The summed E-state index contributed by atoms with van der Waals surface area (Å²) in [6, 6.07) is 5.95. The first-order chi connectivity index (χ1) is 8.97. The third-order valence-corrected chi connectivity index (χ3v) is 3.07. The molecule has 1 heterocycles. The highest BCUT2D eigenvalue weighted by molar-refractivity contribution is 9.10. The van der Waals surface area contributed by atoms with Crippen molar-refractivity contribution in [3.8, 4) is 0 Å². The quantitative estimate of drug-likeness (QED) is 0.892. The number of anilines is 2. The molecule has 3 N–H and O–H groups in total. The SMILES string of the molecule is Cc1ccc(F)c(C(=O)Nc2ncc(N)cc2Br)c1. The van der Waals surface area contributed by atoms with Gasteiger partial charge >= 0.3 is 0 Å². The number of nitrogens with one attached hydrogen (secondary N) is 1. The van der Waals surface area contributed by atoms with Crippen molar-refractivity contribution >= 4 is 33.3 Å². The monoisotopic (exact) mass is 323 g/mol. The zero-order valence-electron chi connectivity index (χ0n) is 10.1. The molecule has 0 aliphatic carbocycles. The van der Waals surface area contributed by atoms with E-state index in [1.165, 1.54) is 18.3 Å². The van der Waals surface area contributed by atoms with E-state index in [2.05, 4.69) is 26.2 Å². The Bertz CT molecular complexity index is 646. The van der Waals surface area contributed by atoms with Crippen molar-refractivity contribution in [3.05, 3.63) is 51.9 Å². The van der Waals surface area contributed by atoms with Crippen molar-refractivity contribution < 1.29 is 9.18 Å². The average molecular weight is 324 g/mol. The van der Waals surface area contributed by atoms with Gasteiger partial charge in [-0.2, -0.15) is 0 Å². The third-order valence-electron chi connectivity index (χ3n) is 2.46. The second-order valence-corrected chi connectivity index (χ2v) is 4.89. The summed E-state index contributed by atoms with van der Waals surface area (Å²) in [5.74, 6) is -0.839. The maximum absolute atomic E-state index is 13.6. The highest BCUT2D eigenvalue weighted by atomic mass is 79.9. The summed E-state index contributed by atoms with van der Waals surface area (Å²) in [6.07, 6.45) is 1.41. The molecule has 0 spiro atoms. The zero-order valence-corrected chi connectivity index (χ0v) is 11.7. The number of amides is 1. The van der Waals surface area contributed by atoms with Crippen molar-refractivity contribution in [2.45, 2.75) is 6.92 Å². The van der Waals surface area contributed by atoms with Crippen molar-refractivity contribution in [1.29, 1.82) is 0 Å². The van der Waals surface area contributed by atoms with Gasteiger partial charge in [-0.05, 0) is 41.1 Å². The van der Waals surface area contributed by atoms with Gasteiger partial charge in [0.15, 0.2) is 0 Å². The summed E-state index contributed by atoms with van der Waals surface area (Å²) in [6.45, 7) is 1.79. The molecular formula is C13H11BrFN3O. The molecule has 0 saturated carbocycles. The Kier molecular flexibility index (Phi) is 3.80. The molecule has 2 aromatic rings. The van der Waals surface area contributed by atoms with E-state index < -0.39 is 11.7 Å². The Balaban J connectivity index is 2.28.